The Kier molecular flexibility index (Phi) is 8.69. The maximum absolute atomic E-state index is 12.7. The number of rotatable bonds is 10. The zero-order valence-electron chi connectivity index (χ0n) is 17.0. The zero-order chi connectivity index (χ0) is 23.2. The predicted octanol–water partition coefficient (Wildman–Crippen LogP) is 3.56. The van der Waals surface area contributed by atoms with Gasteiger partial charge in [-0.3, -0.25) is 9.52 Å². The minimum absolute atomic E-state index is 0.173. The van der Waals surface area contributed by atoms with Gasteiger partial charge in [-0.1, -0.05) is 37.0 Å². The van der Waals surface area contributed by atoms with E-state index >= 15 is 0 Å². The van der Waals surface area contributed by atoms with Gasteiger partial charge in [-0.2, -0.15) is 0 Å². The van der Waals surface area contributed by atoms with E-state index in [0.29, 0.717) is 12.1 Å². The number of nitrogens with zero attached hydrogens (tertiary/aromatic N) is 1. The fourth-order valence-corrected chi connectivity index (χ4v) is 4.68. The first-order chi connectivity index (χ1) is 14.6. The fourth-order valence-electron chi connectivity index (χ4n) is 2.77. The summed E-state index contributed by atoms with van der Waals surface area (Å²) >= 11 is 11.8. The second-order valence-electron chi connectivity index (χ2n) is 6.53. The van der Waals surface area contributed by atoms with E-state index in [9.17, 15) is 18.0 Å². The first-order valence-corrected chi connectivity index (χ1v) is 11.7. The summed E-state index contributed by atoms with van der Waals surface area (Å²) in [6, 6.07) is 7.78. The molecule has 0 unspecified atom stereocenters. The van der Waals surface area contributed by atoms with Crippen molar-refractivity contribution in [2.75, 3.05) is 30.9 Å². The van der Waals surface area contributed by atoms with Crippen LogP contribution >= 0.6 is 23.2 Å². The molecule has 168 valence electrons. The van der Waals surface area contributed by atoms with Crippen molar-refractivity contribution < 1.29 is 23.1 Å². The van der Waals surface area contributed by atoms with Crippen LogP contribution in [0.15, 0.2) is 41.3 Å². The van der Waals surface area contributed by atoms with Gasteiger partial charge in [0.1, 0.15) is 4.90 Å². The highest BCUT2D eigenvalue weighted by Crippen LogP contribution is 2.30. The molecule has 0 radical (unpaired) electrons. The van der Waals surface area contributed by atoms with Crippen LogP contribution in [0.5, 0.6) is 0 Å². The molecule has 0 saturated carbocycles. The van der Waals surface area contributed by atoms with Gasteiger partial charge in [0.15, 0.2) is 0 Å². The van der Waals surface area contributed by atoms with E-state index in [1.54, 1.807) is 0 Å². The number of carboxylic acid groups (broad SMARTS) is 1. The van der Waals surface area contributed by atoms with Crippen LogP contribution in [0, 0.1) is 0 Å². The number of benzene rings is 2. The van der Waals surface area contributed by atoms with Crippen LogP contribution in [-0.2, 0) is 10.0 Å². The van der Waals surface area contributed by atoms with Gasteiger partial charge in [0.25, 0.3) is 15.9 Å². The van der Waals surface area contributed by atoms with Crippen LogP contribution in [0.3, 0.4) is 0 Å². The highest BCUT2D eigenvalue weighted by molar-refractivity contribution is 7.92. The molecule has 11 heteroatoms. The Morgan fingerprint density at radius 3 is 2.19 bits per heavy atom. The Bertz CT molecular complexity index is 1060. The Labute approximate surface area is 191 Å². The summed E-state index contributed by atoms with van der Waals surface area (Å²) in [6.07, 6.45) is 0. The number of carbonyl (C=O) groups is 2. The summed E-state index contributed by atoms with van der Waals surface area (Å²) in [4.78, 5) is 25.2. The average molecular weight is 488 g/mol. The van der Waals surface area contributed by atoms with Crippen LogP contribution in [0.1, 0.15) is 34.6 Å². The molecule has 0 heterocycles. The third kappa shape index (κ3) is 6.57. The molecule has 0 aliphatic heterocycles. The van der Waals surface area contributed by atoms with Crippen molar-refractivity contribution in [3.8, 4) is 0 Å². The minimum Gasteiger partial charge on any atom is -0.478 e. The fraction of sp³-hybridized carbons (Fsp3) is 0.300. The number of likely N-dealkylation sites (N-methyl/N-ethyl adjacent to an activating group) is 1. The van der Waals surface area contributed by atoms with Crippen molar-refractivity contribution in [3.63, 3.8) is 0 Å². The lowest BCUT2D eigenvalue weighted by atomic mass is 10.2. The summed E-state index contributed by atoms with van der Waals surface area (Å²) in [6.45, 7) is 7.11. The number of nitrogens with one attached hydrogen (secondary N) is 2. The van der Waals surface area contributed by atoms with Crippen LogP contribution in [0.2, 0.25) is 10.0 Å². The van der Waals surface area contributed by atoms with Crippen LogP contribution in [0.4, 0.5) is 5.69 Å². The Balaban J connectivity index is 2.11. The monoisotopic (exact) mass is 487 g/mol. The molecule has 31 heavy (non-hydrogen) atoms. The van der Waals surface area contributed by atoms with Crippen molar-refractivity contribution in [3.05, 3.63) is 57.6 Å². The minimum atomic E-state index is -4.19. The quantitative estimate of drug-likeness (QED) is 0.471. The number of carboxylic acids is 1. The Morgan fingerprint density at radius 2 is 1.65 bits per heavy atom. The van der Waals surface area contributed by atoms with Crippen LogP contribution in [-0.4, -0.2) is 56.5 Å². The van der Waals surface area contributed by atoms with Gasteiger partial charge >= 0.3 is 5.97 Å². The van der Waals surface area contributed by atoms with Crippen molar-refractivity contribution in [2.24, 2.45) is 0 Å². The van der Waals surface area contributed by atoms with Crippen LogP contribution in [0.25, 0.3) is 0 Å². The molecule has 0 aliphatic rings. The molecule has 2 rings (SSSR count). The lowest BCUT2D eigenvalue weighted by Crippen LogP contribution is -2.34. The first kappa shape index (κ1) is 24.9. The number of carbonyl (C=O) groups excluding carboxylic acids is 1. The largest absolute Gasteiger partial charge is 0.478 e. The van der Waals surface area contributed by atoms with E-state index in [-0.39, 0.29) is 27.2 Å². The first-order valence-electron chi connectivity index (χ1n) is 9.44. The highest BCUT2D eigenvalue weighted by Gasteiger charge is 2.23. The van der Waals surface area contributed by atoms with E-state index in [0.717, 1.165) is 31.8 Å². The summed E-state index contributed by atoms with van der Waals surface area (Å²) in [5.41, 5.74) is 0.172. The van der Waals surface area contributed by atoms with Gasteiger partial charge < -0.3 is 15.3 Å². The molecule has 0 aliphatic carbocycles. The predicted molar refractivity (Wildman–Crippen MR) is 121 cm³/mol. The standard InChI is InChI=1S/C20H23Cl2N3O5S/c1-3-25(4-2)10-9-23-19(26)13-5-7-14(8-6-13)24-31(29,30)18-11-15(20(27)28)16(21)12-17(18)22/h5-8,11-12,24H,3-4,9-10H2,1-2H3,(H,23,26)(H,27,28). The smallest absolute Gasteiger partial charge is 0.337 e. The Hall–Kier alpha value is -2.33. The lowest BCUT2D eigenvalue weighted by molar-refractivity contribution is 0.0696. The lowest BCUT2D eigenvalue weighted by Gasteiger charge is -2.18. The van der Waals surface area contributed by atoms with Gasteiger partial charge in [0.2, 0.25) is 0 Å². The van der Waals surface area contributed by atoms with E-state index in [1.807, 2.05) is 13.8 Å². The number of halogens is 2. The molecule has 0 aromatic heterocycles. The van der Waals surface area contributed by atoms with E-state index in [1.165, 1.54) is 24.3 Å². The molecule has 0 bridgehead atoms. The summed E-state index contributed by atoms with van der Waals surface area (Å²) in [7, 11) is -4.19. The third-order valence-corrected chi connectivity index (χ3v) is 6.71. The van der Waals surface area contributed by atoms with Crippen LogP contribution < -0.4 is 10.0 Å². The SMILES string of the molecule is CCN(CC)CCNC(=O)c1ccc(NS(=O)(=O)c2cc(C(=O)O)c(Cl)cc2Cl)cc1. The number of sulfonamides is 1. The molecule has 0 saturated heterocycles. The second-order valence-corrected chi connectivity index (χ2v) is 9.00. The Morgan fingerprint density at radius 1 is 1.03 bits per heavy atom. The molecule has 2 aromatic rings. The number of hydrogen-bond acceptors (Lipinski definition) is 5. The molecule has 8 nitrogen and oxygen atoms in total. The zero-order valence-corrected chi connectivity index (χ0v) is 19.3. The molecule has 1 amide bonds. The normalized spacial score (nSPS) is 11.4. The van der Waals surface area contributed by atoms with Gasteiger partial charge in [-0.15, -0.1) is 0 Å². The topological polar surface area (TPSA) is 116 Å². The molecular weight excluding hydrogens is 465 g/mol. The van der Waals surface area contributed by atoms with Crippen molar-refractivity contribution >= 4 is 50.8 Å². The van der Waals surface area contributed by atoms with E-state index < -0.39 is 20.9 Å². The molecular formula is C20H23Cl2N3O5S. The third-order valence-electron chi connectivity index (χ3n) is 4.55. The summed E-state index contributed by atoms with van der Waals surface area (Å²) in [5.74, 6) is -1.65. The maximum atomic E-state index is 12.7. The van der Waals surface area contributed by atoms with Gasteiger partial charge in [0.05, 0.1) is 15.6 Å². The van der Waals surface area contributed by atoms with Gasteiger partial charge in [-0.05, 0) is 49.5 Å². The second kappa shape index (κ2) is 10.8. The maximum Gasteiger partial charge on any atom is 0.337 e. The summed E-state index contributed by atoms with van der Waals surface area (Å²) in [5, 5.41) is 11.6. The van der Waals surface area contributed by atoms with Crippen molar-refractivity contribution in [1.82, 2.24) is 10.2 Å². The summed E-state index contributed by atoms with van der Waals surface area (Å²) < 4.78 is 27.7. The highest BCUT2D eigenvalue weighted by atomic mass is 35.5. The van der Waals surface area contributed by atoms with Crippen molar-refractivity contribution in [2.45, 2.75) is 18.7 Å². The molecule has 0 spiro atoms. The van der Waals surface area contributed by atoms with E-state index in [2.05, 4.69) is 14.9 Å². The average Bonchev–Trinajstić information content (AvgIpc) is 2.70. The molecule has 0 atom stereocenters. The van der Waals surface area contributed by atoms with E-state index in [4.69, 9.17) is 28.3 Å². The number of aromatic carboxylic acids is 1. The number of amides is 1. The molecule has 0 fully saturated rings. The van der Waals surface area contributed by atoms with Gasteiger partial charge in [-0.25, -0.2) is 13.2 Å². The molecule has 3 N–H and O–H groups in total. The van der Waals surface area contributed by atoms with Gasteiger partial charge in [0, 0.05) is 24.3 Å². The number of hydrogen-bond donors (Lipinski definition) is 3. The van der Waals surface area contributed by atoms with Crippen molar-refractivity contribution in [1.29, 1.82) is 0 Å². The molecule has 2 aromatic carbocycles. The number of anilines is 1.